The molecule has 1 aromatic heterocycles. The standard InChI is InChI=1S/C16H11FO3/c1-19-16(18)14-11-7-3-5-9-13(11)20-15(14)10-6-2-4-8-12(10)17/h2-9H,1H3. The molecule has 0 atom stereocenters. The van der Waals surface area contributed by atoms with Crippen molar-refractivity contribution in [1.29, 1.82) is 0 Å². The fraction of sp³-hybridized carbons (Fsp3) is 0.0625. The van der Waals surface area contributed by atoms with Gasteiger partial charge in [-0.2, -0.15) is 0 Å². The molecule has 0 fully saturated rings. The maximum atomic E-state index is 13.9. The molecule has 1 heterocycles. The molecule has 0 radical (unpaired) electrons. The Balaban J connectivity index is 2.35. The van der Waals surface area contributed by atoms with Gasteiger partial charge in [0, 0.05) is 5.39 Å². The summed E-state index contributed by atoms with van der Waals surface area (Å²) in [5.41, 5.74) is 1.00. The Hall–Kier alpha value is -2.62. The number of hydrogen-bond acceptors (Lipinski definition) is 3. The second-order valence-corrected chi connectivity index (χ2v) is 4.27. The van der Waals surface area contributed by atoms with Gasteiger partial charge in [-0.05, 0) is 18.2 Å². The van der Waals surface area contributed by atoms with Gasteiger partial charge in [0.1, 0.15) is 17.0 Å². The van der Waals surface area contributed by atoms with Gasteiger partial charge in [0.25, 0.3) is 0 Å². The molecular weight excluding hydrogens is 259 g/mol. The second kappa shape index (κ2) is 4.81. The van der Waals surface area contributed by atoms with Crippen molar-refractivity contribution in [1.82, 2.24) is 0 Å². The quantitative estimate of drug-likeness (QED) is 0.660. The third-order valence-corrected chi connectivity index (χ3v) is 3.10. The molecule has 0 saturated carbocycles. The van der Waals surface area contributed by atoms with Gasteiger partial charge >= 0.3 is 5.97 Å². The summed E-state index contributed by atoms with van der Waals surface area (Å²) >= 11 is 0. The molecule has 0 bridgehead atoms. The highest BCUT2D eigenvalue weighted by molar-refractivity contribution is 6.08. The monoisotopic (exact) mass is 270 g/mol. The van der Waals surface area contributed by atoms with Crippen LogP contribution in [0.15, 0.2) is 52.9 Å². The molecule has 0 aliphatic heterocycles. The lowest BCUT2D eigenvalue weighted by atomic mass is 10.1. The highest BCUT2D eigenvalue weighted by Gasteiger charge is 2.24. The van der Waals surface area contributed by atoms with Crippen LogP contribution >= 0.6 is 0 Å². The van der Waals surface area contributed by atoms with Crippen molar-refractivity contribution in [3.8, 4) is 11.3 Å². The molecule has 0 amide bonds. The number of ether oxygens (including phenoxy) is 1. The summed E-state index contributed by atoms with van der Waals surface area (Å²) in [6.45, 7) is 0. The predicted octanol–water partition coefficient (Wildman–Crippen LogP) is 4.03. The highest BCUT2D eigenvalue weighted by atomic mass is 19.1. The summed E-state index contributed by atoms with van der Waals surface area (Å²) in [5.74, 6) is -0.805. The van der Waals surface area contributed by atoms with E-state index in [1.54, 1.807) is 42.5 Å². The first-order chi connectivity index (χ1) is 9.72. The fourth-order valence-corrected chi connectivity index (χ4v) is 2.19. The molecular formula is C16H11FO3. The summed E-state index contributed by atoms with van der Waals surface area (Å²) in [6, 6.07) is 13.2. The molecule has 0 unspecified atom stereocenters. The van der Waals surface area contributed by atoms with Crippen LogP contribution in [0.3, 0.4) is 0 Å². The lowest BCUT2D eigenvalue weighted by Gasteiger charge is -2.02. The lowest BCUT2D eigenvalue weighted by molar-refractivity contribution is 0.0603. The molecule has 3 aromatic rings. The van der Waals surface area contributed by atoms with Gasteiger partial charge < -0.3 is 9.15 Å². The molecule has 3 nitrogen and oxygen atoms in total. The number of methoxy groups -OCH3 is 1. The molecule has 0 saturated heterocycles. The fourth-order valence-electron chi connectivity index (χ4n) is 2.19. The predicted molar refractivity (Wildman–Crippen MR) is 72.9 cm³/mol. The van der Waals surface area contributed by atoms with Crippen molar-refractivity contribution in [2.24, 2.45) is 0 Å². The minimum atomic E-state index is -0.548. The summed E-state index contributed by atoms with van der Waals surface area (Å²) in [7, 11) is 1.29. The van der Waals surface area contributed by atoms with Crippen LogP contribution in [0.1, 0.15) is 10.4 Å². The molecule has 100 valence electrons. The number of carbonyl (C=O) groups is 1. The summed E-state index contributed by atoms with van der Waals surface area (Å²) in [6.07, 6.45) is 0. The summed E-state index contributed by atoms with van der Waals surface area (Å²) < 4.78 is 24.4. The minimum Gasteiger partial charge on any atom is -0.465 e. The topological polar surface area (TPSA) is 39.4 Å². The van der Waals surface area contributed by atoms with E-state index in [9.17, 15) is 9.18 Å². The average molecular weight is 270 g/mol. The number of rotatable bonds is 2. The molecule has 0 aliphatic carbocycles. The van der Waals surface area contributed by atoms with E-state index in [4.69, 9.17) is 9.15 Å². The van der Waals surface area contributed by atoms with Crippen LogP contribution in [0.5, 0.6) is 0 Å². The second-order valence-electron chi connectivity index (χ2n) is 4.27. The zero-order valence-corrected chi connectivity index (χ0v) is 10.7. The smallest absolute Gasteiger partial charge is 0.342 e. The van der Waals surface area contributed by atoms with Crippen LogP contribution in [0.2, 0.25) is 0 Å². The maximum Gasteiger partial charge on any atom is 0.342 e. The van der Waals surface area contributed by atoms with E-state index in [1.165, 1.54) is 13.2 Å². The van der Waals surface area contributed by atoms with Crippen molar-refractivity contribution in [3.63, 3.8) is 0 Å². The Morgan fingerprint density at radius 1 is 1.10 bits per heavy atom. The number of furan rings is 1. The van der Waals surface area contributed by atoms with E-state index in [-0.39, 0.29) is 16.9 Å². The van der Waals surface area contributed by atoms with E-state index >= 15 is 0 Å². The number of halogens is 1. The van der Waals surface area contributed by atoms with Gasteiger partial charge in [0.2, 0.25) is 0 Å². The van der Waals surface area contributed by atoms with Gasteiger partial charge in [-0.1, -0.05) is 30.3 Å². The van der Waals surface area contributed by atoms with Gasteiger partial charge in [0.05, 0.1) is 12.7 Å². The Morgan fingerprint density at radius 3 is 2.55 bits per heavy atom. The number of fused-ring (bicyclic) bond motifs is 1. The third-order valence-electron chi connectivity index (χ3n) is 3.10. The van der Waals surface area contributed by atoms with Crippen LogP contribution in [0.4, 0.5) is 4.39 Å². The van der Waals surface area contributed by atoms with Crippen molar-refractivity contribution >= 4 is 16.9 Å². The van der Waals surface area contributed by atoms with E-state index < -0.39 is 11.8 Å². The van der Waals surface area contributed by atoms with E-state index in [0.717, 1.165) is 0 Å². The normalized spacial score (nSPS) is 10.7. The average Bonchev–Trinajstić information content (AvgIpc) is 2.86. The van der Waals surface area contributed by atoms with Crippen molar-refractivity contribution in [2.75, 3.05) is 7.11 Å². The minimum absolute atomic E-state index is 0.191. The Morgan fingerprint density at radius 2 is 1.80 bits per heavy atom. The number of benzene rings is 2. The first kappa shape index (κ1) is 12.4. The van der Waals surface area contributed by atoms with Gasteiger partial charge in [-0.25, -0.2) is 9.18 Å². The Bertz CT molecular complexity index is 789. The molecule has 0 N–H and O–H groups in total. The Kier molecular flexibility index (Phi) is 2.99. The van der Waals surface area contributed by atoms with Crippen LogP contribution in [-0.4, -0.2) is 13.1 Å². The first-order valence-electron chi connectivity index (χ1n) is 6.07. The van der Waals surface area contributed by atoms with E-state index in [1.807, 2.05) is 0 Å². The number of hydrogen-bond donors (Lipinski definition) is 0. The SMILES string of the molecule is COC(=O)c1c(-c2ccccc2F)oc2ccccc12. The van der Waals surface area contributed by atoms with Gasteiger partial charge in [0.15, 0.2) is 5.76 Å². The molecule has 0 aliphatic rings. The van der Waals surface area contributed by atoms with Gasteiger partial charge in [-0.15, -0.1) is 0 Å². The number of para-hydroxylation sites is 1. The number of esters is 1. The zero-order chi connectivity index (χ0) is 14.1. The summed E-state index contributed by atoms with van der Waals surface area (Å²) in [5, 5.41) is 0.609. The van der Waals surface area contributed by atoms with Gasteiger partial charge in [-0.3, -0.25) is 0 Å². The highest BCUT2D eigenvalue weighted by Crippen LogP contribution is 2.35. The van der Waals surface area contributed by atoms with Crippen LogP contribution in [0, 0.1) is 5.82 Å². The Labute approximate surface area is 114 Å². The largest absolute Gasteiger partial charge is 0.465 e. The van der Waals surface area contributed by atoms with E-state index in [2.05, 4.69) is 0 Å². The number of carbonyl (C=O) groups excluding carboxylic acids is 1. The van der Waals surface area contributed by atoms with Crippen LogP contribution < -0.4 is 0 Å². The third kappa shape index (κ3) is 1.86. The van der Waals surface area contributed by atoms with Crippen molar-refractivity contribution < 1.29 is 18.3 Å². The summed E-state index contributed by atoms with van der Waals surface area (Å²) in [4.78, 5) is 12.0. The van der Waals surface area contributed by atoms with Crippen molar-refractivity contribution in [2.45, 2.75) is 0 Å². The van der Waals surface area contributed by atoms with Crippen molar-refractivity contribution in [3.05, 3.63) is 59.9 Å². The maximum absolute atomic E-state index is 13.9. The molecule has 0 spiro atoms. The first-order valence-corrected chi connectivity index (χ1v) is 6.07. The van der Waals surface area contributed by atoms with Crippen LogP contribution in [0.25, 0.3) is 22.3 Å². The molecule has 2 aromatic carbocycles. The zero-order valence-electron chi connectivity index (χ0n) is 10.7. The lowest BCUT2D eigenvalue weighted by Crippen LogP contribution is -2.02. The molecule has 20 heavy (non-hydrogen) atoms. The van der Waals surface area contributed by atoms with E-state index in [0.29, 0.717) is 11.0 Å². The van der Waals surface area contributed by atoms with Crippen LogP contribution in [-0.2, 0) is 4.74 Å². The molecule has 3 rings (SSSR count). The molecule has 4 heteroatoms.